The van der Waals surface area contributed by atoms with Crippen LogP contribution in [0.1, 0.15) is 13.8 Å². The van der Waals surface area contributed by atoms with Crippen LogP contribution in [-0.2, 0) is 0 Å². The van der Waals surface area contributed by atoms with Crippen molar-refractivity contribution in [2.45, 2.75) is 20.0 Å². The van der Waals surface area contributed by atoms with E-state index >= 15 is 0 Å². The standard InChI is InChI=1S/C5H11N3/c1-4(2)5-6-3-7-8-5/h3-5,8H,1-2H3,(H,6,7). The highest BCUT2D eigenvalue weighted by molar-refractivity contribution is 5.56. The summed E-state index contributed by atoms with van der Waals surface area (Å²) in [6.45, 7) is 4.28. The highest BCUT2D eigenvalue weighted by Gasteiger charge is 2.11. The van der Waals surface area contributed by atoms with E-state index in [2.05, 4.69) is 29.7 Å². The number of nitrogens with one attached hydrogen (secondary N) is 2. The van der Waals surface area contributed by atoms with Crippen molar-refractivity contribution < 1.29 is 0 Å². The van der Waals surface area contributed by atoms with Gasteiger partial charge >= 0.3 is 0 Å². The molecule has 0 bridgehead atoms. The monoisotopic (exact) mass is 113 g/mol. The molecule has 1 aliphatic heterocycles. The predicted molar refractivity (Wildman–Crippen MR) is 33.4 cm³/mol. The van der Waals surface area contributed by atoms with Gasteiger partial charge in [0, 0.05) is 0 Å². The fraction of sp³-hybridized carbons (Fsp3) is 0.800. The fourth-order valence-electron chi connectivity index (χ4n) is 0.614. The molecular weight excluding hydrogens is 102 g/mol. The molecule has 1 rings (SSSR count). The van der Waals surface area contributed by atoms with Crippen LogP contribution < -0.4 is 10.7 Å². The van der Waals surface area contributed by atoms with Gasteiger partial charge in [-0.05, 0) is 5.92 Å². The molecule has 0 aromatic heterocycles. The Hall–Kier alpha value is -0.730. The number of rotatable bonds is 1. The molecule has 3 heteroatoms. The van der Waals surface area contributed by atoms with Crippen LogP contribution in [0, 0.1) is 5.92 Å². The first kappa shape index (κ1) is 5.41. The van der Waals surface area contributed by atoms with Gasteiger partial charge in [-0.25, -0.2) is 0 Å². The molecule has 0 spiro atoms. The van der Waals surface area contributed by atoms with Gasteiger partial charge < -0.3 is 5.32 Å². The normalized spacial score (nSPS) is 25.6. The Kier molecular flexibility index (Phi) is 1.37. The lowest BCUT2D eigenvalue weighted by Crippen LogP contribution is -2.36. The maximum atomic E-state index is 3.80. The second kappa shape index (κ2) is 2.03. The van der Waals surface area contributed by atoms with Crippen LogP contribution in [0.25, 0.3) is 0 Å². The predicted octanol–water partition coefficient (Wildman–Crippen LogP) is 0.105. The van der Waals surface area contributed by atoms with Crippen LogP contribution in [0.2, 0.25) is 0 Å². The van der Waals surface area contributed by atoms with Crippen molar-refractivity contribution in [1.29, 1.82) is 0 Å². The Morgan fingerprint density at radius 2 is 2.38 bits per heavy atom. The van der Waals surface area contributed by atoms with E-state index in [-0.39, 0.29) is 0 Å². The van der Waals surface area contributed by atoms with Crippen molar-refractivity contribution >= 4 is 6.34 Å². The second-order valence-corrected chi connectivity index (χ2v) is 2.28. The van der Waals surface area contributed by atoms with Crippen molar-refractivity contribution in [3.8, 4) is 0 Å². The fourth-order valence-corrected chi connectivity index (χ4v) is 0.614. The smallest absolute Gasteiger partial charge is 0.116 e. The third kappa shape index (κ3) is 0.911. The van der Waals surface area contributed by atoms with Crippen LogP contribution >= 0.6 is 0 Å². The van der Waals surface area contributed by atoms with E-state index in [4.69, 9.17) is 0 Å². The van der Waals surface area contributed by atoms with Crippen LogP contribution in [0.3, 0.4) is 0 Å². The lowest BCUT2D eigenvalue weighted by atomic mass is 10.2. The summed E-state index contributed by atoms with van der Waals surface area (Å²) >= 11 is 0. The largest absolute Gasteiger partial charge is 0.353 e. The van der Waals surface area contributed by atoms with Gasteiger partial charge in [0.15, 0.2) is 0 Å². The van der Waals surface area contributed by atoms with E-state index in [0.717, 1.165) is 0 Å². The average molecular weight is 113 g/mol. The third-order valence-corrected chi connectivity index (χ3v) is 1.20. The highest BCUT2D eigenvalue weighted by atomic mass is 15.4. The van der Waals surface area contributed by atoms with Gasteiger partial charge in [-0.3, -0.25) is 5.43 Å². The lowest BCUT2D eigenvalue weighted by Gasteiger charge is -2.13. The number of nitrogens with zero attached hydrogens (tertiary/aromatic N) is 1. The Balaban J connectivity index is 2.29. The molecule has 8 heavy (non-hydrogen) atoms. The van der Waals surface area contributed by atoms with Crippen LogP contribution in [0.5, 0.6) is 0 Å². The summed E-state index contributed by atoms with van der Waals surface area (Å²) in [6, 6.07) is 0. The minimum Gasteiger partial charge on any atom is -0.353 e. The first-order valence-electron chi connectivity index (χ1n) is 2.84. The van der Waals surface area contributed by atoms with Crippen molar-refractivity contribution in [1.82, 2.24) is 10.7 Å². The molecule has 1 atom stereocenters. The number of hydrazone groups is 1. The van der Waals surface area contributed by atoms with Crippen LogP contribution in [0.4, 0.5) is 0 Å². The lowest BCUT2D eigenvalue weighted by molar-refractivity contribution is 0.413. The van der Waals surface area contributed by atoms with Crippen LogP contribution in [-0.4, -0.2) is 12.5 Å². The summed E-state index contributed by atoms with van der Waals surface area (Å²) in [4.78, 5) is 0. The van der Waals surface area contributed by atoms with Crippen molar-refractivity contribution in [3.05, 3.63) is 0 Å². The molecule has 0 aromatic carbocycles. The van der Waals surface area contributed by atoms with E-state index in [9.17, 15) is 0 Å². The Labute approximate surface area is 49.2 Å². The molecule has 0 aromatic rings. The summed E-state index contributed by atoms with van der Waals surface area (Å²) in [6.07, 6.45) is 2.03. The van der Waals surface area contributed by atoms with Gasteiger partial charge in [0.25, 0.3) is 0 Å². The summed E-state index contributed by atoms with van der Waals surface area (Å²) in [5, 5.41) is 6.85. The summed E-state index contributed by atoms with van der Waals surface area (Å²) < 4.78 is 0. The summed E-state index contributed by atoms with van der Waals surface area (Å²) in [5.74, 6) is 0.595. The Bertz CT molecular complexity index is 89.8. The summed E-state index contributed by atoms with van der Waals surface area (Å²) in [7, 11) is 0. The van der Waals surface area contributed by atoms with Gasteiger partial charge in [-0.1, -0.05) is 13.8 Å². The van der Waals surface area contributed by atoms with Crippen molar-refractivity contribution in [2.24, 2.45) is 11.0 Å². The molecule has 46 valence electrons. The topological polar surface area (TPSA) is 36.4 Å². The molecule has 0 aliphatic carbocycles. The molecule has 1 heterocycles. The van der Waals surface area contributed by atoms with E-state index in [0.29, 0.717) is 12.1 Å². The summed E-state index contributed by atoms with van der Waals surface area (Å²) in [5.41, 5.74) is 2.91. The van der Waals surface area contributed by atoms with Gasteiger partial charge in [0.2, 0.25) is 0 Å². The second-order valence-electron chi connectivity index (χ2n) is 2.28. The van der Waals surface area contributed by atoms with Gasteiger partial charge in [0.05, 0.1) is 0 Å². The van der Waals surface area contributed by atoms with Crippen LogP contribution in [0.15, 0.2) is 5.10 Å². The van der Waals surface area contributed by atoms with Crippen molar-refractivity contribution in [3.63, 3.8) is 0 Å². The van der Waals surface area contributed by atoms with Gasteiger partial charge in [0.1, 0.15) is 12.5 Å². The molecule has 3 nitrogen and oxygen atoms in total. The van der Waals surface area contributed by atoms with Gasteiger partial charge in [-0.15, -0.1) is 0 Å². The van der Waals surface area contributed by atoms with E-state index in [1.165, 1.54) is 0 Å². The molecule has 0 radical (unpaired) electrons. The minimum absolute atomic E-state index is 0.343. The Morgan fingerprint density at radius 1 is 1.62 bits per heavy atom. The molecule has 2 N–H and O–H groups in total. The van der Waals surface area contributed by atoms with Crippen molar-refractivity contribution in [2.75, 3.05) is 0 Å². The first-order chi connectivity index (χ1) is 3.80. The zero-order valence-electron chi connectivity index (χ0n) is 5.18. The van der Waals surface area contributed by atoms with Gasteiger partial charge in [-0.2, -0.15) is 5.10 Å². The zero-order chi connectivity index (χ0) is 5.98. The minimum atomic E-state index is 0.343. The maximum Gasteiger partial charge on any atom is 0.116 e. The molecule has 0 amide bonds. The SMILES string of the molecule is CC(C)C1NC=NN1. The highest BCUT2D eigenvalue weighted by Crippen LogP contribution is 1.98. The molecule has 1 aliphatic rings. The Morgan fingerprint density at radius 3 is 2.62 bits per heavy atom. The van der Waals surface area contributed by atoms with E-state index < -0.39 is 0 Å². The maximum absolute atomic E-state index is 3.80. The number of hydrogen-bond donors (Lipinski definition) is 2. The third-order valence-electron chi connectivity index (χ3n) is 1.20. The first-order valence-corrected chi connectivity index (χ1v) is 2.84. The quantitative estimate of drug-likeness (QED) is 0.506. The molecule has 0 saturated heterocycles. The number of hydrogen-bond acceptors (Lipinski definition) is 3. The van der Waals surface area contributed by atoms with E-state index in [1.54, 1.807) is 6.34 Å². The molecule has 0 saturated carbocycles. The zero-order valence-corrected chi connectivity index (χ0v) is 5.18. The van der Waals surface area contributed by atoms with E-state index in [1.807, 2.05) is 0 Å². The molecular formula is C5H11N3. The molecule has 0 fully saturated rings. The average Bonchev–Trinajstić information content (AvgIpc) is 2.12. The molecule has 1 unspecified atom stereocenters.